The molecular formula is C17H31N3O. The largest absolute Gasteiger partial charge is 0.340 e. The summed E-state index contributed by atoms with van der Waals surface area (Å²) in [7, 11) is 2.22. The Hall–Kier alpha value is -0.610. The molecule has 4 heteroatoms. The first-order valence-corrected chi connectivity index (χ1v) is 8.91. The number of carbonyl (C=O) groups excluding carboxylic acids is 1. The Kier molecular flexibility index (Phi) is 4.85. The van der Waals surface area contributed by atoms with Crippen molar-refractivity contribution in [3.8, 4) is 0 Å². The maximum absolute atomic E-state index is 12.7. The second kappa shape index (κ2) is 6.66. The van der Waals surface area contributed by atoms with Crippen LogP contribution in [0.25, 0.3) is 0 Å². The molecule has 21 heavy (non-hydrogen) atoms. The van der Waals surface area contributed by atoms with Crippen LogP contribution in [0.15, 0.2) is 0 Å². The first-order chi connectivity index (χ1) is 10.1. The van der Waals surface area contributed by atoms with Gasteiger partial charge in [-0.25, -0.2) is 0 Å². The van der Waals surface area contributed by atoms with Crippen molar-refractivity contribution in [2.75, 3.05) is 20.1 Å². The molecule has 2 bridgehead atoms. The summed E-state index contributed by atoms with van der Waals surface area (Å²) in [6.07, 6.45) is 11.1. The molecule has 3 fully saturated rings. The van der Waals surface area contributed by atoms with E-state index in [0.717, 1.165) is 25.9 Å². The smallest absolute Gasteiger partial charge is 0.239 e. The Morgan fingerprint density at radius 2 is 1.81 bits per heavy atom. The number of likely N-dealkylation sites (N-methyl/N-ethyl adjacent to an activating group) is 1. The summed E-state index contributed by atoms with van der Waals surface area (Å²) in [6, 6.07) is 0.973. The highest BCUT2D eigenvalue weighted by molar-refractivity contribution is 5.81. The van der Waals surface area contributed by atoms with Crippen molar-refractivity contribution in [1.29, 1.82) is 0 Å². The van der Waals surface area contributed by atoms with Crippen molar-refractivity contribution >= 4 is 5.91 Å². The van der Waals surface area contributed by atoms with Gasteiger partial charge in [-0.1, -0.05) is 32.1 Å². The van der Waals surface area contributed by atoms with Gasteiger partial charge in [0.05, 0.1) is 6.04 Å². The van der Waals surface area contributed by atoms with E-state index in [2.05, 4.69) is 16.8 Å². The van der Waals surface area contributed by atoms with Gasteiger partial charge in [-0.15, -0.1) is 0 Å². The second-order valence-corrected chi connectivity index (χ2v) is 7.47. The number of hydrogen-bond donors (Lipinski definition) is 1. The van der Waals surface area contributed by atoms with Crippen molar-refractivity contribution in [1.82, 2.24) is 9.80 Å². The van der Waals surface area contributed by atoms with Gasteiger partial charge >= 0.3 is 0 Å². The lowest BCUT2D eigenvalue weighted by Crippen LogP contribution is -2.48. The van der Waals surface area contributed by atoms with Crippen LogP contribution >= 0.6 is 0 Å². The lowest BCUT2D eigenvalue weighted by atomic mass is 9.84. The molecule has 0 radical (unpaired) electrons. The molecule has 2 saturated heterocycles. The van der Waals surface area contributed by atoms with Gasteiger partial charge in [0, 0.05) is 25.2 Å². The molecule has 3 aliphatic rings. The van der Waals surface area contributed by atoms with E-state index in [9.17, 15) is 4.79 Å². The number of amides is 1. The molecule has 3 atom stereocenters. The maximum atomic E-state index is 12.7. The van der Waals surface area contributed by atoms with Crippen LogP contribution in [0.1, 0.15) is 57.8 Å². The average Bonchev–Trinajstić information content (AvgIpc) is 2.72. The zero-order valence-electron chi connectivity index (χ0n) is 13.5. The SMILES string of the molecule is CN1C2CCC1CN(C(=O)C(N)CC1CCCCC1)CC2. The summed E-state index contributed by atoms with van der Waals surface area (Å²) in [5.74, 6) is 0.894. The van der Waals surface area contributed by atoms with Gasteiger partial charge < -0.3 is 10.6 Å². The first kappa shape index (κ1) is 15.3. The third-order valence-corrected chi connectivity index (χ3v) is 6.09. The second-order valence-electron chi connectivity index (χ2n) is 7.47. The quantitative estimate of drug-likeness (QED) is 0.865. The highest BCUT2D eigenvalue weighted by Crippen LogP contribution is 2.30. The fourth-order valence-electron chi connectivity index (χ4n) is 4.63. The van der Waals surface area contributed by atoms with Gasteiger partial charge in [0.1, 0.15) is 0 Å². The normalized spacial score (nSPS) is 33.0. The van der Waals surface area contributed by atoms with E-state index in [-0.39, 0.29) is 11.9 Å². The highest BCUT2D eigenvalue weighted by atomic mass is 16.2. The van der Waals surface area contributed by atoms with Crippen molar-refractivity contribution in [3.63, 3.8) is 0 Å². The molecule has 2 N–H and O–H groups in total. The Labute approximate surface area is 129 Å². The van der Waals surface area contributed by atoms with Crippen LogP contribution in [0, 0.1) is 5.92 Å². The number of nitrogens with two attached hydrogens (primary N) is 1. The fourth-order valence-corrected chi connectivity index (χ4v) is 4.63. The van der Waals surface area contributed by atoms with E-state index in [4.69, 9.17) is 5.73 Å². The number of carbonyl (C=O) groups is 1. The van der Waals surface area contributed by atoms with Gasteiger partial charge in [0.2, 0.25) is 5.91 Å². The minimum Gasteiger partial charge on any atom is -0.340 e. The van der Waals surface area contributed by atoms with E-state index < -0.39 is 0 Å². The molecule has 0 aromatic heterocycles. The van der Waals surface area contributed by atoms with E-state index in [1.54, 1.807) is 0 Å². The Balaban J connectivity index is 1.54. The van der Waals surface area contributed by atoms with Crippen LogP contribution in [-0.4, -0.2) is 54.0 Å². The third kappa shape index (κ3) is 3.42. The summed E-state index contributed by atoms with van der Waals surface area (Å²) >= 11 is 0. The molecule has 0 spiro atoms. The zero-order chi connectivity index (χ0) is 14.8. The lowest BCUT2D eigenvalue weighted by Gasteiger charge is -2.30. The summed E-state index contributed by atoms with van der Waals surface area (Å²) < 4.78 is 0. The summed E-state index contributed by atoms with van der Waals surface area (Å²) in [4.78, 5) is 17.2. The first-order valence-electron chi connectivity index (χ1n) is 8.91. The predicted octanol–water partition coefficient (Wildman–Crippen LogP) is 1.98. The molecule has 1 saturated carbocycles. The highest BCUT2D eigenvalue weighted by Gasteiger charge is 2.37. The molecule has 3 unspecified atom stereocenters. The van der Waals surface area contributed by atoms with Gasteiger partial charge in [-0.3, -0.25) is 9.69 Å². The predicted molar refractivity (Wildman–Crippen MR) is 84.9 cm³/mol. The molecule has 2 heterocycles. The van der Waals surface area contributed by atoms with Gasteiger partial charge in [0.15, 0.2) is 0 Å². The fraction of sp³-hybridized carbons (Fsp3) is 0.941. The molecule has 1 aliphatic carbocycles. The molecule has 2 aliphatic heterocycles. The maximum Gasteiger partial charge on any atom is 0.239 e. The minimum atomic E-state index is -0.268. The lowest BCUT2D eigenvalue weighted by molar-refractivity contribution is -0.133. The molecule has 0 aromatic carbocycles. The van der Waals surface area contributed by atoms with Gasteiger partial charge in [-0.05, 0) is 38.6 Å². The van der Waals surface area contributed by atoms with E-state index in [1.165, 1.54) is 44.9 Å². The van der Waals surface area contributed by atoms with Crippen LogP contribution in [0.5, 0.6) is 0 Å². The Morgan fingerprint density at radius 1 is 1.10 bits per heavy atom. The van der Waals surface area contributed by atoms with Gasteiger partial charge in [-0.2, -0.15) is 0 Å². The van der Waals surface area contributed by atoms with E-state index in [0.29, 0.717) is 18.0 Å². The number of hydrogen-bond acceptors (Lipinski definition) is 3. The number of rotatable bonds is 3. The van der Waals surface area contributed by atoms with Crippen LogP contribution in [-0.2, 0) is 4.79 Å². The monoisotopic (exact) mass is 293 g/mol. The average molecular weight is 293 g/mol. The van der Waals surface area contributed by atoms with Crippen molar-refractivity contribution < 1.29 is 4.79 Å². The standard InChI is InChI=1S/C17H31N3O/c1-19-14-7-8-15(19)12-20(10-9-14)17(21)16(18)11-13-5-3-2-4-6-13/h13-16H,2-12,18H2,1H3. The number of likely N-dealkylation sites (tertiary alicyclic amines) is 1. The number of nitrogens with zero attached hydrogens (tertiary/aromatic N) is 2. The van der Waals surface area contributed by atoms with Crippen molar-refractivity contribution in [2.45, 2.75) is 75.9 Å². The third-order valence-electron chi connectivity index (χ3n) is 6.09. The number of fused-ring (bicyclic) bond motifs is 2. The van der Waals surface area contributed by atoms with Crippen LogP contribution in [0.3, 0.4) is 0 Å². The molecule has 4 nitrogen and oxygen atoms in total. The Morgan fingerprint density at radius 3 is 2.57 bits per heavy atom. The Bertz CT molecular complexity index is 367. The van der Waals surface area contributed by atoms with Crippen molar-refractivity contribution in [2.24, 2.45) is 11.7 Å². The summed E-state index contributed by atoms with van der Waals surface area (Å²) in [5.41, 5.74) is 6.26. The summed E-state index contributed by atoms with van der Waals surface area (Å²) in [6.45, 7) is 1.80. The molecule has 120 valence electrons. The molecule has 3 rings (SSSR count). The molecule has 1 amide bonds. The summed E-state index contributed by atoms with van der Waals surface area (Å²) in [5, 5.41) is 0. The van der Waals surface area contributed by atoms with Crippen LogP contribution < -0.4 is 5.73 Å². The molecular weight excluding hydrogens is 262 g/mol. The topological polar surface area (TPSA) is 49.6 Å². The minimum absolute atomic E-state index is 0.210. The molecule has 0 aromatic rings. The van der Waals surface area contributed by atoms with Gasteiger partial charge in [0.25, 0.3) is 0 Å². The van der Waals surface area contributed by atoms with E-state index >= 15 is 0 Å². The van der Waals surface area contributed by atoms with Crippen LogP contribution in [0.2, 0.25) is 0 Å². The van der Waals surface area contributed by atoms with E-state index in [1.807, 2.05) is 0 Å². The van der Waals surface area contributed by atoms with Crippen LogP contribution in [0.4, 0.5) is 0 Å². The zero-order valence-corrected chi connectivity index (χ0v) is 13.5. The van der Waals surface area contributed by atoms with Crippen molar-refractivity contribution in [3.05, 3.63) is 0 Å².